The summed E-state index contributed by atoms with van der Waals surface area (Å²) in [5.41, 5.74) is 3.91. The van der Waals surface area contributed by atoms with Gasteiger partial charge in [0.15, 0.2) is 5.16 Å². The van der Waals surface area contributed by atoms with Crippen LogP contribution in [0.1, 0.15) is 25.7 Å². The van der Waals surface area contributed by atoms with Gasteiger partial charge in [0.05, 0.1) is 31.9 Å². The van der Waals surface area contributed by atoms with Crippen LogP contribution < -0.4 is 14.8 Å². The third-order valence-electron chi connectivity index (χ3n) is 5.94. The Morgan fingerprint density at radius 2 is 1.68 bits per heavy atom. The lowest BCUT2D eigenvalue weighted by atomic mass is 10.0. The number of aromatic nitrogens is 4. The lowest BCUT2D eigenvalue weighted by Gasteiger charge is -2.06. The van der Waals surface area contributed by atoms with Crippen molar-refractivity contribution < 1.29 is 14.3 Å². The molecule has 37 heavy (non-hydrogen) atoms. The Labute approximate surface area is 221 Å². The normalized spacial score (nSPS) is 10.9. The highest BCUT2D eigenvalue weighted by molar-refractivity contribution is 7.99. The maximum absolute atomic E-state index is 12.1. The molecule has 194 valence electrons. The van der Waals surface area contributed by atoms with Crippen LogP contribution in [-0.2, 0) is 11.3 Å². The predicted octanol–water partition coefficient (Wildman–Crippen LogP) is 5.43. The Morgan fingerprint density at radius 1 is 0.973 bits per heavy atom. The largest absolute Gasteiger partial charge is 0.497 e. The summed E-state index contributed by atoms with van der Waals surface area (Å²) in [5.74, 6) is 2.61. The van der Waals surface area contributed by atoms with E-state index in [0.717, 1.165) is 70.7 Å². The minimum Gasteiger partial charge on any atom is -0.497 e. The smallest absolute Gasteiger partial charge is 0.219 e. The van der Waals surface area contributed by atoms with E-state index in [1.54, 1.807) is 38.5 Å². The number of thioether (sulfide) groups is 1. The summed E-state index contributed by atoms with van der Waals surface area (Å²) in [5, 5.41) is 3.86. The zero-order chi connectivity index (χ0) is 25.9. The monoisotopic (exact) mass is 519 g/mol. The number of benzene rings is 2. The molecule has 2 heterocycles. The van der Waals surface area contributed by atoms with Gasteiger partial charge in [0, 0.05) is 48.8 Å². The summed E-state index contributed by atoms with van der Waals surface area (Å²) >= 11 is 1.68. The molecule has 2 aromatic carbocycles. The van der Waals surface area contributed by atoms with Gasteiger partial charge in [-0.05, 0) is 67.8 Å². The molecular formula is C28H33N5O3S. The van der Waals surface area contributed by atoms with Crippen molar-refractivity contribution in [3.05, 3.63) is 67.3 Å². The summed E-state index contributed by atoms with van der Waals surface area (Å²) in [7, 11) is 3.32. The molecule has 0 atom stereocenters. The molecule has 0 aliphatic rings. The van der Waals surface area contributed by atoms with Crippen molar-refractivity contribution in [2.45, 2.75) is 37.4 Å². The van der Waals surface area contributed by atoms with Crippen molar-refractivity contribution in [3.63, 3.8) is 0 Å². The molecule has 0 saturated carbocycles. The highest BCUT2D eigenvalue weighted by Gasteiger charge is 2.15. The minimum absolute atomic E-state index is 0.109. The van der Waals surface area contributed by atoms with Gasteiger partial charge in [-0.3, -0.25) is 4.79 Å². The number of H-pyrrole nitrogens is 1. The van der Waals surface area contributed by atoms with Gasteiger partial charge in [-0.1, -0.05) is 11.8 Å². The first-order valence-electron chi connectivity index (χ1n) is 12.4. The van der Waals surface area contributed by atoms with Gasteiger partial charge in [-0.15, -0.1) is 0 Å². The summed E-state index contributed by atoms with van der Waals surface area (Å²) in [6.07, 6.45) is 8.69. The van der Waals surface area contributed by atoms with E-state index in [2.05, 4.69) is 15.3 Å². The maximum Gasteiger partial charge on any atom is 0.219 e. The fraction of sp³-hybridized carbons (Fsp3) is 0.321. The van der Waals surface area contributed by atoms with E-state index in [0.29, 0.717) is 13.0 Å². The third-order valence-corrected chi connectivity index (χ3v) is 6.90. The molecule has 4 aromatic rings. The van der Waals surface area contributed by atoms with Crippen molar-refractivity contribution in [1.82, 2.24) is 24.8 Å². The molecule has 1 amide bonds. The van der Waals surface area contributed by atoms with Crippen LogP contribution in [0, 0.1) is 0 Å². The van der Waals surface area contributed by atoms with Gasteiger partial charge in [0.1, 0.15) is 11.5 Å². The van der Waals surface area contributed by atoms with Crippen LogP contribution in [0.15, 0.2) is 72.4 Å². The Balaban J connectivity index is 1.29. The molecule has 0 fully saturated rings. The van der Waals surface area contributed by atoms with E-state index in [4.69, 9.17) is 14.5 Å². The van der Waals surface area contributed by atoms with E-state index in [9.17, 15) is 4.79 Å². The highest BCUT2D eigenvalue weighted by atomic mass is 32.2. The Bertz CT molecular complexity index is 1170. The first-order chi connectivity index (χ1) is 18.2. The number of rotatable bonds is 14. The van der Waals surface area contributed by atoms with Gasteiger partial charge in [-0.2, -0.15) is 0 Å². The van der Waals surface area contributed by atoms with Crippen molar-refractivity contribution in [2.24, 2.45) is 0 Å². The lowest BCUT2D eigenvalue weighted by Crippen LogP contribution is -2.24. The molecule has 0 saturated heterocycles. The first-order valence-corrected chi connectivity index (χ1v) is 13.4. The van der Waals surface area contributed by atoms with Gasteiger partial charge in [0.2, 0.25) is 5.91 Å². The number of carbonyl (C=O) groups is 1. The first kappa shape index (κ1) is 26.3. The number of carbonyl (C=O) groups excluding carboxylic acids is 1. The van der Waals surface area contributed by atoms with Gasteiger partial charge in [0.25, 0.3) is 0 Å². The summed E-state index contributed by atoms with van der Waals surface area (Å²) < 4.78 is 12.6. The number of imidazole rings is 2. The quantitative estimate of drug-likeness (QED) is 0.171. The second-order valence-corrected chi connectivity index (χ2v) is 9.62. The van der Waals surface area contributed by atoms with Crippen LogP contribution in [-0.4, -0.2) is 51.9 Å². The number of nitrogens with zero attached hydrogens (tertiary/aromatic N) is 3. The molecule has 4 rings (SSSR count). The molecule has 8 nitrogen and oxygen atoms in total. The van der Waals surface area contributed by atoms with E-state index in [1.807, 2.05) is 59.3 Å². The van der Waals surface area contributed by atoms with Crippen molar-refractivity contribution in [1.29, 1.82) is 0 Å². The van der Waals surface area contributed by atoms with Crippen molar-refractivity contribution >= 4 is 17.7 Å². The van der Waals surface area contributed by atoms with Gasteiger partial charge < -0.3 is 24.3 Å². The average Bonchev–Trinajstić information content (AvgIpc) is 3.61. The van der Waals surface area contributed by atoms with Crippen LogP contribution in [0.25, 0.3) is 22.5 Å². The molecule has 0 bridgehead atoms. The number of ether oxygens (including phenoxy) is 2. The number of amides is 1. The number of aromatic amines is 1. The topological polar surface area (TPSA) is 94.1 Å². The van der Waals surface area contributed by atoms with Crippen LogP contribution in [0.5, 0.6) is 11.5 Å². The molecule has 0 aliphatic carbocycles. The summed E-state index contributed by atoms with van der Waals surface area (Å²) in [6, 6.07) is 15.9. The third kappa shape index (κ3) is 7.63. The van der Waals surface area contributed by atoms with Crippen LogP contribution in [0.3, 0.4) is 0 Å². The number of hydrogen-bond acceptors (Lipinski definition) is 6. The predicted molar refractivity (Wildman–Crippen MR) is 147 cm³/mol. The molecule has 0 unspecified atom stereocenters. The minimum atomic E-state index is 0.109. The van der Waals surface area contributed by atoms with Crippen molar-refractivity contribution in [2.75, 3.05) is 26.5 Å². The molecule has 0 aliphatic heterocycles. The highest BCUT2D eigenvalue weighted by Crippen LogP contribution is 2.34. The van der Waals surface area contributed by atoms with E-state index in [-0.39, 0.29) is 5.91 Å². The molecule has 9 heteroatoms. The maximum atomic E-state index is 12.1. The standard InChI is InChI=1S/C28H33N5O3S/c1-35-23-11-7-21(8-12-23)26-27(22-9-13-24(36-2)14-10-22)32-28(31-26)37-19-4-3-6-25(34)30-15-5-17-33-18-16-29-20-33/h7-14,16,18,20H,3-6,15,17,19H2,1-2H3,(H,30,34)(H,31,32). The molecule has 0 spiro atoms. The average molecular weight is 520 g/mol. The SMILES string of the molecule is COc1ccc(-c2nc(SCCCCC(=O)NCCCn3ccnc3)[nH]c2-c2ccc(OC)cc2)cc1. The van der Waals surface area contributed by atoms with E-state index in [1.165, 1.54) is 0 Å². The molecular weight excluding hydrogens is 486 g/mol. The van der Waals surface area contributed by atoms with E-state index >= 15 is 0 Å². The fourth-order valence-corrected chi connectivity index (χ4v) is 4.77. The molecule has 2 aromatic heterocycles. The number of nitrogens with one attached hydrogen (secondary N) is 2. The number of hydrogen-bond donors (Lipinski definition) is 2. The van der Waals surface area contributed by atoms with Gasteiger partial charge >= 0.3 is 0 Å². The second kappa shape index (κ2) is 13.5. The van der Waals surface area contributed by atoms with Gasteiger partial charge in [-0.25, -0.2) is 9.97 Å². The Kier molecular flexibility index (Phi) is 9.65. The lowest BCUT2D eigenvalue weighted by molar-refractivity contribution is -0.121. The van der Waals surface area contributed by atoms with Crippen molar-refractivity contribution in [3.8, 4) is 34.0 Å². The zero-order valence-electron chi connectivity index (χ0n) is 21.3. The zero-order valence-corrected chi connectivity index (χ0v) is 22.1. The summed E-state index contributed by atoms with van der Waals surface area (Å²) in [4.78, 5) is 24.6. The summed E-state index contributed by atoms with van der Waals surface area (Å²) in [6.45, 7) is 1.54. The number of aryl methyl sites for hydroxylation is 1. The molecule has 2 N–H and O–H groups in total. The number of unbranched alkanes of at least 4 members (excludes halogenated alkanes) is 1. The van der Waals surface area contributed by atoms with Crippen LogP contribution in [0.2, 0.25) is 0 Å². The van der Waals surface area contributed by atoms with E-state index < -0.39 is 0 Å². The number of methoxy groups -OCH3 is 2. The fourth-order valence-electron chi connectivity index (χ4n) is 3.90. The Morgan fingerprint density at radius 3 is 2.32 bits per heavy atom. The Hall–Kier alpha value is -3.72. The molecule has 0 radical (unpaired) electrons. The second-order valence-electron chi connectivity index (χ2n) is 8.53. The van der Waals surface area contributed by atoms with Crippen LogP contribution >= 0.6 is 11.8 Å². The van der Waals surface area contributed by atoms with Crippen LogP contribution in [0.4, 0.5) is 0 Å².